The lowest BCUT2D eigenvalue weighted by Crippen LogP contribution is -2.15. The number of ether oxygens (including phenoxy) is 6. The van der Waals surface area contributed by atoms with Crippen LogP contribution >= 0.6 is 0 Å². The van der Waals surface area contributed by atoms with Crippen LogP contribution in [-0.2, 0) is 19.1 Å². The Morgan fingerprint density at radius 2 is 1.12 bits per heavy atom. The molecule has 4 rings (SSSR count). The lowest BCUT2D eigenvalue weighted by atomic mass is 9.85. The lowest BCUT2D eigenvalue weighted by molar-refractivity contribution is -0.132. The molecule has 0 bridgehead atoms. The van der Waals surface area contributed by atoms with Crippen molar-refractivity contribution in [2.45, 2.75) is 26.1 Å². The van der Waals surface area contributed by atoms with Crippen molar-refractivity contribution in [2.24, 2.45) is 11.8 Å². The summed E-state index contributed by atoms with van der Waals surface area (Å²) in [7, 11) is 3.07. The molecule has 0 aliphatic carbocycles. The number of rotatable bonds is 6. The number of esters is 2. The van der Waals surface area contributed by atoms with Crippen LogP contribution in [0.4, 0.5) is 0 Å². The van der Waals surface area contributed by atoms with Gasteiger partial charge in [0.05, 0.1) is 39.6 Å². The molecule has 0 N–H and O–H groups in total. The van der Waals surface area contributed by atoms with Gasteiger partial charge in [-0.25, -0.2) is 0 Å². The number of carbonyl (C=O) groups excluding carboxylic acids is 2. The van der Waals surface area contributed by atoms with Crippen LogP contribution in [0.15, 0.2) is 36.4 Å². The van der Waals surface area contributed by atoms with E-state index in [1.807, 2.05) is 24.3 Å². The van der Waals surface area contributed by atoms with E-state index < -0.39 is 11.9 Å². The van der Waals surface area contributed by atoms with Crippen LogP contribution < -0.4 is 18.9 Å². The number of fused-ring (bicyclic) bond motifs is 1. The summed E-state index contributed by atoms with van der Waals surface area (Å²) < 4.78 is 33.5. The van der Waals surface area contributed by atoms with Gasteiger partial charge in [-0.15, -0.1) is 0 Å². The third-order valence-electron chi connectivity index (χ3n) is 5.80. The molecule has 2 fully saturated rings. The molecule has 0 spiro atoms. The van der Waals surface area contributed by atoms with Gasteiger partial charge in [0.2, 0.25) is 0 Å². The first-order chi connectivity index (χ1) is 15.4. The first kappa shape index (κ1) is 22.1. The van der Waals surface area contributed by atoms with Gasteiger partial charge in [-0.3, -0.25) is 9.59 Å². The Morgan fingerprint density at radius 1 is 0.719 bits per heavy atom. The summed E-state index contributed by atoms with van der Waals surface area (Å²) in [4.78, 5) is 22.6. The van der Waals surface area contributed by atoms with Crippen molar-refractivity contribution in [1.29, 1.82) is 0 Å². The van der Waals surface area contributed by atoms with Crippen LogP contribution in [0.25, 0.3) is 0 Å². The number of carbonyl (C=O) groups is 2. The van der Waals surface area contributed by atoms with Crippen LogP contribution in [0.1, 0.15) is 37.2 Å². The predicted octanol–water partition coefficient (Wildman–Crippen LogP) is 3.63. The minimum Gasteiger partial charge on any atom is -0.493 e. The molecule has 0 unspecified atom stereocenters. The van der Waals surface area contributed by atoms with E-state index in [-0.39, 0.29) is 24.0 Å². The molecule has 2 aliphatic heterocycles. The minimum atomic E-state index is -0.407. The van der Waals surface area contributed by atoms with Gasteiger partial charge < -0.3 is 28.4 Å². The van der Waals surface area contributed by atoms with Crippen molar-refractivity contribution >= 4 is 11.9 Å². The minimum absolute atomic E-state index is 0.156. The van der Waals surface area contributed by atoms with E-state index in [9.17, 15) is 9.59 Å². The molecule has 2 aliphatic rings. The van der Waals surface area contributed by atoms with Gasteiger partial charge in [-0.1, -0.05) is 12.1 Å². The highest BCUT2D eigenvalue weighted by Crippen LogP contribution is 2.51. The topological polar surface area (TPSA) is 89.5 Å². The second-order valence-electron chi connectivity index (χ2n) is 7.84. The van der Waals surface area contributed by atoms with Gasteiger partial charge in [-0.2, -0.15) is 0 Å². The van der Waals surface area contributed by atoms with Crippen LogP contribution in [0, 0.1) is 11.8 Å². The molecule has 0 amide bonds. The summed E-state index contributed by atoms with van der Waals surface area (Å²) in [6.45, 7) is 3.79. The van der Waals surface area contributed by atoms with Crippen molar-refractivity contribution in [3.05, 3.63) is 47.5 Å². The SMILES string of the molecule is COc1cc([C@H]2OC[C@@H]3[C@H]2CO[C@H]3c2ccc(OC(C)=O)c(OC)c2)ccc1OC(C)=O. The standard InChI is InChI=1S/C24H26O8/c1-13(25)31-19-7-5-15(9-21(19)27-3)23-17-11-30-24(18(17)12-29-23)16-6-8-20(32-14(2)26)22(10-16)28-4/h5-10,17-18,23-24H,11-12H2,1-4H3/t17-,18-,23-,24+/m1/s1. The summed E-state index contributed by atoms with van der Waals surface area (Å²) in [6.07, 6.45) is -0.319. The lowest BCUT2D eigenvalue weighted by Gasteiger charge is -2.18. The van der Waals surface area contributed by atoms with Crippen LogP contribution in [-0.4, -0.2) is 39.4 Å². The largest absolute Gasteiger partial charge is 0.493 e. The first-order valence-corrected chi connectivity index (χ1v) is 10.4. The summed E-state index contributed by atoms with van der Waals surface area (Å²) in [5.41, 5.74) is 1.88. The fourth-order valence-corrected chi connectivity index (χ4v) is 4.44. The zero-order valence-corrected chi connectivity index (χ0v) is 18.5. The molecule has 0 radical (unpaired) electrons. The van der Waals surface area contributed by atoms with Gasteiger partial charge >= 0.3 is 11.9 Å². The maximum absolute atomic E-state index is 11.3. The van der Waals surface area contributed by atoms with Crippen molar-refractivity contribution < 1.29 is 38.0 Å². The molecule has 170 valence electrons. The number of hydrogen-bond acceptors (Lipinski definition) is 8. The molecular weight excluding hydrogens is 416 g/mol. The van der Waals surface area contributed by atoms with Crippen molar-refractivity contribution in [2.75, 3.05) is 27.4 Å². The summed E-state index contributed by atoms with van der Waals surface area (Å²) in [6, 6.07) is 10.9. The second kappa shape index (κ2) is 9.18. The fraction of sp³-hybridized carbons (Fsp3) is 0.417. The van der Waals surface area contributed by atoms with Crippen LogP contribution in [0.5, 0.6) is 23.0 Å². The number of benzene rings is 2. The average Bonchev–Trinajstić information content (AvgIpc) is 3.36. The molecule has 2 aromatic rings. The Labute approximate surface area is 186 Å². The molecule has 2 saturated heterocycles. The molecule has 32 heavy (non-hydrogen) atoms. The summed E-state index contributed by atoms with van der Waals surface area (Å²) >= 11 is 0. The molecule has 8 nitrogen and oxygen atoms in total. The van der Waals surface area contributed by atoms with Crippen molar-refractivity contribution in [3.8, 4) is 23.0 Å². The normalized spacial score (nSPS) is 24.0. The van der Waals surface area contributed by atoms with E-state index in [0.29, 0.717) is 36.2 Å². The number of methoxy groups -OCH3 is 2. The zero-order valence-electron chi connectivity index (χ0n) is 18.5. The summed E-state index contributed by atoms with van der Waals surface area (Å²) in [5, 5.41) is 0. The Balaban J connectivity index is 1.54. The first-order valence-electron chi connectivity index (χ1n) is 10.4. The molecule has 0 aromatic heterocycles. The van der Waals surface area contributed by atoms with Crippen LogP contribution in [0.3, 0.4) is 0 Å². The maximum atomic E-state index is 11.3. The van der Waals surface area contributed by atoms with E-state index in [2.05, 4.69) is 0 Å². The van der Waals surface area contributed by atoms with Gasteiger partial charge in [0.15, 0.2) is 23.0 Å². The maximum Gasteiger partial charge on any atom is 0.308 e. The predicted molar refractivity (Wildman–Crippen MR) is 113 cm³/mol. The molecule has 2 heterocycles. The van der Waals surface area contributed by atoms with Gasteiger partial charge in [-0.05, 0) is 35.4 Å². The zero-order chi connectivity index (χ0) is 22.8. The highest BCUT2D eigenvalue weighted by Gasteiger charge is 2.48. The van der Waals surface area contributed by atoms with E-state index >= 15 is 0 Å². The van der Waals surface area contributed by atoms with E-state index in [4.69, 9.17) is 28.4 Å². The van der Waals surface area contributed by atoms with Crippen LogP contribution in [0.2, 0.25) is 0 Å². The Bertz CT molecular complexity index is 936. The average molecular weight is 442 g/mol. The Hall–Kier alpha value is -3.10. The second-order valence-corrected chi connectivity index (χ2v) is 7.84. The Morgan fingerprint density at radius 3 is 1.47 bits per heavy atom. The van der Waals surface area contributed by atoms with Gasteiger partial charge in [0.1, 0.15) is 0 Å². The fourth-order valence-electron chi connectivity index (χ4n) is 4.44. The monoisotopic (exact) mass is 442 g/mol. The molecule has 4 atom stereocenters. The highest BCUT2D eigenvalue weighted by molar-refractivity contribution is 5.71. The van der Waals surface area contributed by atoms with Gasteiger partial charge in [0.25, 0.3) is 0 Å². The third-order valence-corrected chi connectivity index (χ3v) is 5.80. The molecule has 0 saturated carbocycles. The van der Waals surface area contributed by atoms with Crippen molar-refractivity contribution in [3.63, 3.8) is 0 Å². The Kier molecular flexibility index (Phi) is 6.34. The van der Waals surface area contributed by atoms with E-state index in [1.54, 1.807) is 12.1 Å². The van der Waals surface area contributed by atoms with E-state index in [1.165, 1.54) is 28.1 Å². The smallest absolute Gasteiger partial charge is 0.308 e. The third kappa shape index (κ3) is 4.28. The molecule has 2 aromatic carbocycles. The quantitative estimate of drug-likeness (QED) is 0.495. The summed E-state index contributed by atoms with van der Waals surface area (Å²) in [5.74, 6) is 1.20. The van der Waals surface area contributed by atoms with E-state index in [0.717, 1.165) is 11.1 Å². The number of hydrogen-bond donors (Lipinski definition) is 0. The molecular formula is C24H26O8. The highest BCUT2D eigenvalue weighted by atomic mass is 16.6. The van der Waals surface area contributed by atoms with Gasteiger partial charge in [0, 0.05) is 25.7 Å². The van der Waals surface area contributed by atoms with Crippen molar-refractivity contribution in [1.82, 2.24) is 0 Å². The molecule has 8 heteroatoms.